The molecule has 0 aromatic carbocycles. The molecule has 0 N–H and O–H groups in total. The van der Waals surface area contributed by atoms with Gasteiger partial charge in [0.1, 0.15) is 11.7 Å². The zero-order valence-electron chi connectivity index (χ0n) is 7.71. The Balaban J connectivity index is 2.49. The van der Waals surface area contributed by atoms with Crippen molar-refractivity contribution < 1.29 is 4.79 Å². The third-order valence-corrected chi connectivity index (χ3v) is 2.06. The Hall–Kier alpha value is -1.93. The number of hydrogen-bond acceptors (Lipinski definition) is 3. The number of carbonyl (C=O) groups excluding carboxylic acids is 1. The van der Waals surface area contributed by atoms with E-state index in [1.807, 2.05) is 41.9 Å². The third kappa shape index (κ3) is 1.43. The normalized spacial score (nSPS) is 12.4. The van der Waals surface area contributed by atoms with Gasteiger partial charge in [0.15, 0.2) is 0 Å². The van der Waals surface area contributed by atoms with Gasteiger partial charge in [0, 0.05) is 12.4 Å². The van der Waals surface area contributed by atoms with Gasteiger partial charge in [-0.3, -0.25) is 0 Å². The zero-order chi connectivity index (χ0) is 9.97. The molecule has 0 saturated carbocycles. The molecule has 0 amide bonds. The second-order valence-corrected chi connectivity index (χ2v) is 3.03. The molecular weight excluding hydrogens is 178 g/mol. The van der Waals surface area contributed by atoms with Gasteiger partial charge in [-0.05, 0) is 19.1 Å². The Morgan fingerprint density at radius 3 is 3.14 bits per heavy atom. The molecule has 2 rings (SSSR count). The van der Waals surface area contributed by atoms with Crippen molar-refractivity contribution in [3.8, 4) is 0 Å². The number of rotatable bonds is 2. The highest BCUT2D eigenvalue weighted by Crippen LogP contribution is 2.15. The molecule has 0 aliphatic rings. The summed E-state index contributed by atoms with van der Waals surface area (Å²) in [5.74, 6) is 0. The van der Waals surface area contributed by atoms with Crippen LogP contribution in [0.1, 0.15) is 18.7 Å². The fourth-order valence-corrected chi connectivity index (χ4v) is 1.30. The van der Waals surface area contributed by atoms with E-state index in [1.54, 1.807) is 0 Å². The number of isocyanates is 1. The first-order chi connectivity index (χ1) is 6.81. The Morgan fingerprint density at radius 1 is 1.57 bits per heavy atom. The standard InChI is InChI=1S/C10H9N3O/c1-8(11-7-14)9-6-13-5-3-2-4-10(13)12-9/h2-6,8H,1H3. The Bertz CT molecular complexity index is 464. The average Bonchev–Trinajstić information content (AvgIpc) is 2.61. The van der Waals surface area contributed by atoms with E-state index in [0.29, 0.717) is 0 Å². The Labute approximate surface area is 80.9 Å². The minimum Gasteiger partial charge on any atom is -0.307 e. The molecule has 0 radical (unpaired) electrons. The highest BCUT2D eigenvalue weighted by Gasteiger charge is 2.07. The minimum atomic E-state index is -0.229. The molecule has 0 saturated heterocycles. The smallest absolute Gasteiger partial charge is 0.235 e. The van der Waals surface area contributed by atoms with Crippen LogP contribution in [-0.4, -0.2) is 15.5 Å². The first kappa shape index (κ1) is 8.66. The van der Waals surface area contributed by atoms with Crippen molar-refractivity contribution in [2.45, 2.75) is 13.0 Å². The Kier molecular flexibility index (Phi) is 2.13. The molecule has 0 aliphatic heterocycles. The van der Waals surface area contributed by atoms with Crippen LogP contribution in [0.3, 0.4) is 0 Å². The SMILES string of the molecule is CC(N=C=O)c1cn2ccccc2n1. The predicted octanol–water partition coefficient (Wildman–Crippen LogP) is 1.73. The van der Waals surface area contributed by atoms with Gasteiger partial charge in [-0.25, -0.2) is 9.78 Å². The summed E-state index contributed by atoms with van der Waals surface area (Å²) in [5.41, 5.74) is 1.63. The lowest BCUT2D eigenvalue weighted by Crippen LogP contribution is -1.87. The van der Waals surface area contributed by atoms with Crippen molar-refractivity contribution in [3.05, 3.63) is 36.3 Å². The fraction of sp³-hybridized carbons (Fsp3) is 0.200. The van der Waals surface area contributed by atoms with Crippen LogP contribution >= 0.6 is 0 Å². The maximum atomic E-state index is 10.1. The first-order valence-electron chi connectivity index (χ1n) is 4.32. The highest BCUT2D eigenvalue weighted by atomic mass is 16.1. The van der Waals surface area contributed by atoms with Crippen LogP contribution in [-0.2, 0) is 4.79 Å². The molecule has 1 unspecified atom stereocenters. The number of aromatic nitrogens is 2. The van der Waals surface area contributed by atoms with Gasteiger partial charge in [0.2, 0.25) is 6.08 Å². The molecule has 0 spiro atoms. The zero-order valence-corrected chi connectivity index (χ0v) is 7.71. The van der Waals surface area contributed by atoms with E-state index in [4.69, 9.17) is 0 Å². The number of aliphatic imine (C=N–C) groups is 1. The monoisotopic (exact) mass is 187 g/mol. The largest absolute Gasteiger partial charge is 0.307 e. The van der Waals surface area contributed by atoms with Crippen molar-refractivity contribution >= 4 is 11.7 Å². The lowest BCUT2D eigenvalue weighted by molar-refractivity contribution is 0.559. The van der Waals surface area contributed by atoms with Crippen LogP contribution in [0, 0.1) is 0 Å². The topological polar surface area (TPSA) is 46.7 Å². The third-order valence-electron chi connectivity index (χ3n) is 2.06. The van der Waals surface area contributed by atoms with Gasteiger partial charge in [0.05, 0.1) is 5.69 Å². The molecule has 0 bridgehead atoms. The van der Waals surface area contributed by atoms with E-state index in [0.717, 1.165) is 11.3 Å². The summed E-state index contributed by atoms with van der Waals surface area (Å²) >= 11 is 0. The van der Waals surface area contributed by atoms with Gasteiger partial charge in [-0.15, -0.1) is 0 Å². The van der Waals surface area contributed by atoms with Gasteiger partial charge >= 0.3 is 0 Å². The highest BCUT2D eigenvalue weighted by molar-refractivity contribution is 5.41. The predicted molar refractivity (Wildman–Crippen MR) is 51.7 cm³/mol. The second kappa shape index (κ2) is 3.44. The number of pyridine rings is 1. The average molecular weight is 187 g/mol. The summed E-state index contributed by atoms with van der Waals surface area (Å²) in [6.45, 7) is 1.81. The molecule has 1 atom stereocenters. The molecule has 2 aromatic rings. The lowest BCUT2D eigenvalue weighted by Gasteiger charge is -1.95. The second-order valence-electron chi connectivity index (χ2n) is 3.03. The summed E-state index contributed by atoms with van der Waals surface area (Å²) in [6, 6.07) is 5.51. The minimum absolute atomic E-state index is 0.229. The van der Waals surface area contributed by atoms with Crippen molar-refractivity contribution in [2.24, 2.45) is 4.99 Å². The summed E-state index contributed by atoms with van der Waals surface area (Å²) in [7, 11) is 0. The van der Waals surface area contributed by atoms with Gasteiger partial charge in [-0.2, -0.15) is 4.99 Å². The van der Waals surface area contributed by atoms with Crippen molar-refractivity contribution in [1.29, 1.82) is 0 Å². The van der Waals surface area contributed by atoms with E-state index in [1.165, 1.54) is 6.08 Å². The lowest BCUT2D eigenvalue weighted by atomic mass is 10.3. The molecular formula is C10H9N3O. The molecule has 70 valence electrons. The summed E-state index contributed by atoms with van der Waals surface area (Å²) in [5, 5.41) is 0. The summed E-state index contributed by atoms with van der Waals surface area (Å²) < 4.78 is 1.89. The van der Waals surface area contributed by atoms with Crippen molar-refractivity contribution in [1.82, 2.24) is 9.38 Å². The van der Waals surface area contributed by atoms with E-state index < -0.39 is 0 Å². The van der Waals surface area contributed by atoms with E-state index >= 15 is 0 Å². The summed E-state index contributed by atoms with van der Waals surface area (Å²) in [6.07, 6.45) is 5.30. The molecule has 0 aliphatic carbocycles. The molecule has 2 aromatic heterocycles. The van der Waals surface area contributed by atoms with E-state index in [9.17, 15) is 4.79 Å². The van der Waals surface area contributed by atoms with Crippen LogP contribution in [0.25, 0.3) is 5.65 Å². The maximum absolute atomic E-state index is 10.1. The van der Waals surface area contributed by atoms with Crippen LogP contribution in [0.2, 0.25) is 0 Å². The number of nitrogens with zero attached hydrogens (tertiary/aromatic N) is 3. The maximum Gasteiger partial charge on any atom is 0.235 e. The Morgan fingerprint density at radius 2 is 2.43 bits per heavy atom. The van der Waals surface area contributed by atoms with Crippen LogP contribution in [0.15, 0.2) is 35.6 Å². The van der Waals surface area contributed by atoms with E-state index in [2.05, 4.69) is 9.98 Å². The van der Waals surface area contributed by atoms with Crippen molar-refractivity contribution in [2.75, 3.05) is 0 Å². The van der Waals surface area contributed by atoms with Gasteiger partial charge < -0.3 is 4.40 Å². The van der Waals surface area contributed by atoms with Crippen molar-refractivity contribution in [3.63, 3.8) is 0 Å². The van der Waals surface area contributed by atoms with Crippen LogP contribution in [0.4, 0.5) is 0 Å². The number of imidazole rings is 1. The van der Waals surface area contributed by atoms with Gasteiger partial charge in [-0.1, -0.05) is 6.07 Å². The quantitative estimate of drug-likeness (QED) is 0.531. The summed E-state index contributed by atoms with van der Waals surface area (Å²) in [4.78, 5) is 18.0. The number of fused-ring (bicyclic) bond motifs is 1. The molecule has 2 heterocycles. The molecule has 14 heavy (non-hydrogen) atoms. The first-order valence-corrected chi connectivity index (χ1v) is 4.32. The molecule has 4 heteroatoms. The molecule has 4 nitrogen and oxygen atoms in total. The molecule has 0 fully saturated rings. The van der Waals surface area contributed by atoms with Crippen LogP contribution in [0.5, 0.6) is 0 Å². The fourth-order valence-electron chi connectivity index (χ4n) is 1.30. The van der Waals surface area contributed by atoms with E-state index in [-0.39, 0.29) is 6.04 Å². The number of hydrogen-bond donors (Lipinski definition) is 0. The van der Waals surface area contributed by atoms with Gasteiger partial charge in [0.25, 0.3) is 0 Å². The van der Waals surface area contributed by atoms with Crippen LogP contribution < -0.4 is 0 Å².